The van der Waals surface area contributed by atoms with Crippen molar-refractivity contribution in [2.75, 3.05) is 0 Å². The van der Waals surface area contributed by atoms with Crippen LogP contribution in [0.25, 0.3) is 99.8 Å². The molecule has 0 amide bonds. The Kier molecular flexibility index (Phi) is 7.10. The van der Waals surface area contributed by atoms with E-state index in [0.717, 1.165) is 88.1 Å². The molecule has 242 valence electrons. The number of hydrogen-bond donors (Lipinski definition) is 0. The van der Waals surface area contributed by atoms with Crippen LogP contribution in [0.3, 0.4) is 0 Å². The molecule has 8 aromatic carbocycles. The normalized spacial score (nSPS) is 11.5. The maximum Gasteiger partial charge on any atom is 0.198 e. The molecule has 0 radical (unpaired) electrons. The van der Waals surface area contributed by atoms with Gasteiger partial charge in [-0.1, -0.05) is 170 Å². The summed E-state index contributed by atoms with van der Waals surface area (Å²) in [5.41, 5.74) is 7.38. The summed E-state index contributed by atoms with van der Waals surface area (Å²) in [6.07, 6.45) is 0. The van der Waals surface area contributed by atoms with Gasteiger partial charge in [0.15, 0.2) is 11.6 Å². The molecule has 10 rings (SSSR count). The molecule has 4 heteroatoms. The summed E-state index contributed by atoms with van der Waals surface area (Å²) in [4.78, 5) is 21.2. The van der Waals surface area contributed by atoms with Crippen molar-refractivity contribution >= 4 is 43.1 Å². The van der Waals surface area contributed by atoms with Crippen molar-refractivity contribution < 1.29 is 0 Å². The lowest BCUT2D eigenvalue weighted by Gasteiger charge is -2.14. The van der Waals surface area contributed by atoms with Crippen LogP contribution >= 0.6 is 0 Å². The average Bonchev–Trinajstić information content (AvgIpc) is 3.22. The van der Waals surface area contributed by atoms with Crippen molar-refractivity contribution in [2.24, 2.45) is 0 Å². The van der Waals surface area contributed by atoms with E-state index in [4.69, 9.17) is 19.9 Å². The lowest BCUT2D eigenvalue weighted by molar-refractivity contribution is 1.09. The number of benzene rings is 8. The third kappa shape index (κ3) is 5.17. The van der Waals surface area contributed by atoms with E-state index < -0.39 is 0 Å². The van der Waals surface area contributed by atoms with Gasteiger partial charge in [-0.3, -0.25) is 0 Å². The van der Waals surface area contributed by atoms with Gasteiger partial charge in [0.2, 0.25) is 0 Å². The summed E-state index contributed by atoms with van der Waals surface area (Å²) in [7, 11) is 0. The molecule has 0 spiro atoms. The van der Waals surface area contributed by atoms with E-state index in [1.54, 1.807) is 0 Å². The van der Waals surface area contributed by atoms with Crippen molar-refractivity contribution in [3.8, 4) is 56.7 Å². The number of hydrogen-bond acceptors (Lipinski definition) is 4. The molecule has 0 bridgehead atoms. The molecule has 0 fully saturated rings. The highest BCUT2D eigenvalue weighted by Gasteiger charge is 2.19. The molecular weight excluding hydrogens is 633 g/mol. The smallest absolute Gasteiger partial charge is 0.198 e. The zero-order valence-electron chi connectivity index (χ0n) is 28.1. The second-order valence-corrected chi connectivity index (χ2v) is 13.0. The zero-order chi connectivity index (χ0) is 34.4. The Hall–Kier alpha value is -7.04. The van der Waals surface area contributed by atoms with Gasteiger partial charge in [-0.25, -0.2) is 19.9 Å². The predicted molar refractivity (Wildman–Crippen MR) is 215 cm³/mol. The van der Waals surface area contributed by atoms with Gasteiger partial charge < -0.3 is 0 Å². The molecule has 2 aromatic heterocycles. The molecule has 0 aliphatic heterocycles. The zero-order valence-corrected chi connectivity index (χ0v) is 28.1. The molecule has 0 N–H and O–H groups in total. The van der Waals surface area contributed by atoms with Crippen LogP contribution in [0.2, 0.25) is 0 Å². The van der Waals surface area contributed by atoms with Gasteiger partial charge in [-0.15, -0.1) is 0 Å². The lowest BCUT2D eigenvalue weighted by atomic mass is 9.98. The summed E-state index contributed by atoms with van der Waals surface area (Å²) in [6.45, 7) is 0. The van der Waals surface area contributed by atoms with Crippen LogP contribution < -0.4 is 0 Å². The predicted octanol–water partition coefficient (Wildman–Crippen LogP) is 12.2. The number of rotatable bonds is 5. The van der Waals surface area contributed by atoms with E-state index in [1.165, 1.54) is 0 Å². The minimum absolute atomic E-state index is 0.469. The van der Waals surface area contributed by atoms with Crippen molar-refractivity contribution in [3.63, 3.8) is 0 Å². The molecule has 10 aromatic rings. The monoisotopic (exact) mass is 662 g/mol. The van der Waals surface area contributed by atoms with Gasteiger partial charge in [0.25, 0.3) is 0 Å². The summed E-state index contributed by atoms with van der Waals surface area (Å²) in [6, 6.07) is 63.4. The highest BCUT2D eigenvalue weighted by molar-refractivity contribution is 6.01. The quantitative estimate of drug-likeness (QED) is 0.184. The Morgan fingerprint density at radius 3 is 0.731 bits per heavy atom. The van der Waals surface area contributed by atoms with Gasteiger partial charge in [0, 0.05) is 22.3 Å². The van der Waals surface area contributed by atoms with Gasteiger partial charge in [0.05, 0.1) is 22.8 Å². The van der Waals surface area contributed by atoms with Crippen LogP contribution in [0.5, 0.6) is 0 Å². The lowest BCUT2D eigenvalue weighted by Crippen LogP contribution is -2.02. The average molecular weight is 663 g/mol. The SMILES string of the molecule is c1ccc2c(-c3cc(-c4cccc5ccccc45)nc(-c4nc(-c5cccc6ccccc56)cc(-c5cccc6ccccc56)n4)n3)cccc2c1. The number of aromatic nitrogens is 4. The summed E-state index contributed by atoms with van der Waals surface area (Å²) in [5.74, 6) is 0.939. The molecule has 4 nitrogen and oxygen atoms in total. The van der Waals surface area contributed by atoms with Crippen LogP contribution in [-0.2, 0) is 0 Å². The Morgan fingerprint density at radius 2 is 0.462 bits per heavy atom. The van der Waals surface area contributed by atoms with E-state index >= 15 is 0 Å². The molecule has 2 heterocycles. The Balaban J connectivity index is 1.28. The van der Waals surface area contributed by atoms with E-state index in [9.17, 15) is 0 Å². The molecule has 0 aliphatic carbocycles. The second-order valence-electron chi connectivity index (χ2n) is 13.0. The fourth-order valence-corrected chi connectivity index (χ4v) is 7.44. The molecule has 0 atom stereocenters. The first-order valence-corrected chi connectivity index (χ1v) is 17.5. The van der Waals surface area contributed by atoms with Gasteiger partial charge in [-0.2, -0.15) is 0 Å². The molecule has 52 heavy (non-hydrogen) atoms. The van der Waals surface area contributed by atoms with Crippen molar-refractivity contribution in [2.45, 2.75) is 0 Å². The molecule has 0 saturated heterocycles. The Labute approximate surface area is 300 Å². The third-order valence-corrected chi connectivity index (χ3v) is 9.91. The molecule has 0 unspecified atom stereocenters. The van der Waals surface area contributed by atoms with E-state index in [-0.39, 0.29) is 0 Å². The number of fused-ring (bicyclic) bond motifs is 4. The van der Waals surface area contributed by atoms with Crippen molar-refractivity contribution in [1.82, 2.24) is 19.9 Å². The van der Waals surface area contributed by atoms with Crippen molar-refractivity contribution in [3.05, 3.63) is 182 Å². The number of nitrogens with zero attached hydrogens (tertiary/aromatic N) is 4. The Morgan fingerprint density at radius 1 is 0.231 bits per heavy atom. The van der Waals surface area contributed by atoms with E-state index in [2.05, 4.69) is 182 Å². The van der Waals surface area contributed by atoms with Crippen molar-refractivity contribution in [1.29, 1.82) is 0 Å². The first-order chi connectivity index (χ1) is 25.8. The van der Waals surface area contributed by atoms with Gasteiger partial charge in [0.1, 0.15) is 0 Å². The van der Waals surface area contributed by atoms with Crippen LogP contribution in [0.1, 0.15) is 0 Å². The maximum atomic E-state index is 5.29. The minimum atomic E-state index is 0.469. The highest BCUT2D eigenvalue weighted by Crippen LogP contribution is 2.37. The van der Waals surface area contributed by atoms with Gasteiger partial charge >= 0.3 is 0 Å². The van der Waals surface area contributed by atoms with Gasteiger partial charge in [-0.05, 0) is 55.2 Å². The minimum Gasteiger partial charge on any atom is -0.225 e. The fourth-order valence-electron chi connectivity index (χ4n) is 7.44. The van der Waals surface area contributed by atoms with Crippen LogP contribution in [0.15, 0.2) is 182 Å². The highest BCUT2D eigenvalue weighted by atomic mass is 15.0. The molecule has 0 aliphatic rings. The molecular formula is C48H30N4. The first kappa shape index (κ1) is 29.8. The first-order valence-electron chi connectivity index (χ1n) is 17.5. The topological polar surface area (TPSA) is 51.6 Å². The maximum absolute atomic E-state index is 5.29. The summed E-state index contributed by atoms with van der Waals surface area (Å²) < 4.78 is 0. The standard InChI is InChI=1S/C48H30N4/c1-5-21-35-31(13-1)17-9-25-39(35)43-29-44(40-26-10-18-32-14-2-6-22-36(32)40)50-47(49-43)48-51-45(41-27-11-19-33-15-3-7-23-37(33)41)30-46(52-48)42-28-12-20-34-16-4-8-24-38(34)42/h1-30H. The largest absolute Gasteiger partial charge is 0.225 e. The Bertz CT molecular complexity index is 2560. The third-order valence-electron chi connectivity index (χ3n) is 9.91. The van der Waals surface area contributed by atoms with E-state index in [0.29, 0.717) is 11.6 Å². The van der Waals surface area contributed by atoms with Crippen LogP contribution in [0.4, 0.5) is 0 Å². The molecule has 0 saturated carbocycles. The summed E-state index contributed by atoms with van der Waals surface area (Å²) in [5, 5.41) is 9.11. The van der Waals surface area contributed by atoms with Crippen LogP contribution in [0, 0.1) is 0 Å². The second kappa shape index (κ2) is 12.4. The summed E-state index contributed by atoms with van der Waals surface area (Å²) >= 11 is 0. The van der Waals surface area contributed by atoms with Crippen LogP contribution in [-0.4, -0.2) is 19.9 Å². The fraction of sp³-hybridized carbons (Fsp3) is 0. The van der Waals surface area contributed by atoms with E-state index in [1.807, 2.05) is 0 Å².